The molecule has 0 fully saturated rings. The topological polar surface area (TPSA) is 174 Å². The van der Waals surface area contributed by atoms with Gasteiger partial charge in [-0.2, -0.15) is 0 Å². The number of carbonyl (C=O) groups excluding carboxylic acids is 1. The number of hydrogen-bond donors (Lipinski definition) is 3. The smallest absolute Gasteiger partial charge is 0.328 e. The molecule has 0 aliphatic rings. The van der Waals surface area contributed by atoms with Crippen LogP contribution in [0.25, 0.3) is 22.2 Å². The normalized spacial score (nSPS) is 12.8. The van der Waals surface area contributed by atoms with Crippen LogP contribution in [0.1, 0.15) is 10.5 Å². The highest BCUT2D eigenvalue weighted by molar-refractivity contribution is 7.90. The average molecular weight is 391 g/mol. The minimum Gasteiger partial charge on any atom is -0.505 e. The van der Waals surface area contributed by atoms with Crippen LogP contribution in [0.2, 0.25) is 0 Å². The second-order valence-electron chi connectivity index (χ2n) is 5.70. The third-order valence-electron chi connectivity index (χ3n) is 3.83. The van der Waals surface area contributed by atoms with E-state index in [9.17, 15) is 23.1 Å². The number of pyridine rings is 1. The molecule has 0 radical (unpaired) electrons. The van der Waals surface area contributed by atoms with Crippen LogP contribution in [-0.4, -0.2) is 52.8 Å². The number of rotatable bonds is 5. The van der Waals surface area contributed by atoms with Crippen LogP contribution in [0.5, 0.6) is 5.75 Å². The Morgan fingerprint density at radius 2 is 1.85 bits per heavy atom. The van der Waals surface area contributed by atoms with Gasteiger partial charge in [-0.1, -0.05) is 17.3 Å². The fourth-order valence-electron chi connectivity index (χ4n) is 2.42. The third-order valence-corrected chi connectivity index (χ3v) is 4.96. The fraction of sp³-hybridized carbons (Fsp3) is 0.125. The zero-order chi connectivity index (χ0) is 19.9. The van der Waals surface area contributed by atoms with Crippen molar-refractivity contribution in [2.75, 3.05) is 6.26 Å². The summed E-state index contributed by atoms with van der Waals surface area (Å²) in [6, 6.07) is 3.74. The summed E-state index contributed by atoms with van der Waals surface area (Å²) in [6.07, 6.45) is 2.17. The number of carbonyl (C=O) groups is 2. The average Bonchev–Trinajstić information content (AvgIpc) is 3.05. The monoisotopic (exact) mass is 391 g/mol. The lowest BCUT2D eigenvalue weighted by Gasteiger charge is -2.07. The predicted octanol–water partition coefficient (Wildman–Crippen LogP) is 0.594. The molecular weight excluding hydrogens is 378 g/mol. The summed E-state index contributed by atoms with van der Waals surface area (Å²) >= 11 is 0. The number of nitrogens with two attached hydrogens (primary N) is 1. The minimum absolute atomic E-state index is 0.0260. The number of aliphatic carboxylic acids is 1. The van der Waals surface area contributed by atoms with Crippen molar-refractivity contribution in [2.45, 2.75) is 10.9 Å². The van der Waals surface area contributed by atoms with E-state index in [-0.39, 0.29) is 21.6 Å². The molecule has 4 N–H and O–H groups in total. The Hall–Kier alpha value is -3.31. The van der Waals surface area contributed by atoms with Crippen LogP contribution in [0, 0.1) is 0 Å². The van der Waals surface area contributed by atoms with Crippen molar-refractivity contribution in [3.8, 4) is 17.0 Å². The van der Waals surface area contributed by atoms with E-state index in [4.69, 9.17) is 15.4 Å². The molecule has 3 aromatic rings. The fourth-order valence-corrected chi connectivity index (χ4v) is 3.05. The van der Waals surface area contributed by atoms with E-state index in [1.807, 2.05) is 0 Å². The molecule has 140 valence electrons. The van der Waals surface area contributed by atoms with Gasteiger partial charge in [-0.05, 0) is 12.1 Å². The van der Waals surface area contributed by atoms with Gasteiger partial charge in [0.2, 0.25) is 5.78 Å². The van der Waals surface area contributed by atoms with Gasteiger partial charge < -0.3 is 20.5 Å². The molecule has 0 saturated heterocycles. The second-order valence-corrected chi connectivity index (χ2v) is 7.72. The van der Waals surface area contributed by atoms with Gasteiger partial charge >= 0.3 is 5.97 Å². The molecule has 0 aliphatic carbocycles. The Morgan fingerprint density at radius 1 is 1.22 bits per heavy atom. The standard InChI is InChI=1S/C16H13N3O7S/c1-27(24,25)8-4-2-7(3-5-8)12-10-9(26-19-12)6-18-13(14(10)20)15(21)11(17)16(22)23/h2-6,11,20H,17H2,1H3,(H,22,23). The number of nitrogens with zero attached hydrogens (tertiary/aromatic N) is 2. The maximum absolute atomic E-state index is 12.1. The summed E-state index contributed by atoms with van der Waals surface area (Å²) in [7, 11) is -3.39. The van der Waals surface area contributed by atoms with Crippen molar-refractivity contribution in [2.24, 2.45) is 5.73 Å². The molecule has 0 aliphatic heterocycles. The van der Waals surface area contributed by atoms with Crippen molar-refractivity contribution in [3.63, 3.8) is 0 Å². The van der Waals surface area contributed by atoms with Gasteiger partial charge in [-0.15, -0.1) is 0 Å². The number of aromatic nitrogens is 2. The summed E-state index contributed by atoms with van der Waals surface area (Å²) in [5, 5.41) is 23.1. The number of carboxylic acids is 1. The van der Waals surface area contributed by atoms with Crippen molar-refractivity contribution in [3.05, 3.63) is 36.2 Å². The van der Waals surface area contributed by atoms with Crippen LogP contribution < -0.4 is 5.73 Å². The molecule has 11 heteroatoms. The highest BCUT2D eigenvalue weighted by Gasteiger charge is 2.29. The predicted molar refractivity (Wildman–Crippen MR) is 92.0 cm³/mol. The lowest BCUT2D eigenvalue weighted by Crippen LogP contribution is -2.38. The number of aromatic hydroxyl groups is 1. The molecule has 2 aromatic heterocycles. The van der Waals surface area contributed by atoms with E-state index in [1.165, 1.54) is 24.3 Å². The third kappa shape index (κ3) is 3.25. The second kappa shape index (κ2) is 6.45. The maximum Gasteiger partial charge on any atom is 0.328 e. The van der Waals surface area contributed by atoms with E-state index in [2.05, 4.69) is 10.1 Å². The molecule has 1 atom stereocenters. The number of sulfone groups is 1. The SMILES string of the molecule is CS(=O)(=O)c1ccc(-c2noc3cnc(C(=O)C(N)C(=O)O)c(O)c23)cc1. The quantitative estimate of drug-likeness (QED) is 0.412. The number of benzene rings is 1. The summed E-state index contributed by atoms with van der Waals surface area (Å²) < 4.78 is 28.2. The first-order chi connectivity index (χ1) is 12.6. The molecule has 0 spiro atoms. The summed E-state index contributed by atoms with van der Waals surface area (Å²) in [5.41, 5.74) is 5.34. The van der Waals surface area contributed by atoms with Crippen LogP contribution in [0.3, 0.4) is 0 Å². The van der Waals surface area contributed by atoms with Crippen LogP contribution in [-0.2, 0) is 14.6 Å². The van der Waals surface area contributed by atoms with E-state index in [0.717, 1.165) is 12.5 Å². The molecular formula is C16H13N3O7S. The highest BCUT2D eigenvalue weighted by Crippen LogP contribution is 2.36. The zero-order valence-electron chi connectivity index (χ0n) is 13.8. The Kier molecular flexibility index (Phi) is 4.41. The van der Waals surface area contributed by atoms with Gasteiger partial charge in [0.05, 0.1) is 16.5 Å². The first-order valence-electron chi connectivity index (χ1n) is 7.41. The summed E-state index contributed by atoms with van der Waals surface area (Å²) in [6.45, 7) is 0. The van der Waals surface area contributed by atoms with Crippen molar-refractivity contribution < 1.29 is 32.7 Å². The van der Waals surface area contributed by atoms with Crippen molar-refractivity contribution >= 4 is 32.6 Å². The Morgan fingerprint density at radius 3 is 2.41 bits per heavy atom. The van der Waals surface area contributed by atoms with Gasteiger partial charge in [0.1, 0.15) is 5.69 Å². The first kappa shape index (κ1) is 18.5. The van der Waals surface area contributed by atoms with Crippen molar-refractivity contribution in [1.29, 1.82) is 0 Å². The highest BCUT2D eigenvalue weighted by atomic mass is 32.2. The Labute approximate surface area is 152 Å². The van der Waals surface area contributed by atoms with Crippen molar-refractivity contribution in [1.82, 2.24) is 10.1 Å². The minimum atomic E-state index is -3.39. The molecule has 0 amide bonds. The van der Waals surface area contributed by atoms with E-state index < -0.39 is 39.1 Å². The van der Waals surface area contributed by atoms with Gasteiger partial charge in [-0.25, -0.2) is 13.4 Å². The molecule has 10 nitrogen and oxygen atoms in total. The number of fused-ring (bicyclic) bond motifs is 1. The molecule has 2 heterocycles. The summed E-state index contributed by atoms with van der Waals surface area (Å²) in [5.74, 6) is -3.28. The van der Waals surface area contributed by atoms with Crippen LogP contribution in [0.4, 0.5) is 0 Å². The number of hydrogen-bond acceptors (Lipinski definition) is 9. The molecule has 1 aromatic carbocycles. The molecule has 3 rings (SSSR count). The molecule has 0 bridgehead atoms. The van der Waals surface area contributed by atoms with Gasteiger partial charge in [0, 0.05) is 11.8 Å². The number of Topliss-reactive ketones (excluding diaryl/α,β-unsaturated/α-hetero) is 1. The number of ketones is 1. The van der Waals surface area contributed by atoms with E-state index in [0.29, 0.717) is 5.56 Å². The lowest BCUT2D eigenvalue weighted by molar-refractivity contribution is -0.137. The van der Waals surface area contributed by atoms with Crippen LogP contribution in [0.15, 0.2) is 39.9 Å². The summed E-state index contributed by atoms with van der Waals surface area (Å²) in [4.78, 5) is 26.8. The first-order valence-corrected chi connectivity index (χ1v) is 9.31. The van der Waals surface area contributed by atoms with Crippen LogP contribution >= 0.6 is 0 Å². The van der Waals surface area contributed by atoms with E-state index >= 15 is 0 Å². The Balaban J connectivity index is 2.14. The largest absolute Gasteiger partial charge is 0.505 e. The van der Waals surface area contributed by atoms with Gasteiger partial charge in [-0.3, -0.25) is 9.59 Å². The molecule has 1 unspecified atom stereocenters. The van der Waals surface area contributed by atoms with Gasteiger partial charge in [0.25, 0.3) is 0 Å². The molecule has 27 heavy (non-hydrogen) atoms. The molecule has 0 saturated carbocycles. The number of carboxylic acid groups (broad SMARTS) is 1. The lowest BCUT2D eigenvalue weighted by atomic mass is 10.0. The zero-order valence-corrected chi connectivity index (χ0v) is 14.6. The van der Waals surface area contributed by atoms with Gasteiger partial charge in [0.15, 0.2) is 32.9 Å². The maximum atomic E-state index is 12.1. The Bertz CT molecular complexity index is 1170. The van der Waals surface area contributed by atoms with E-state index in [1.54, 1.807) is 0 Å².